The van der Waals surface area contributed by atoms with Crippen molar-refractivity contribution in [2.24, 2.45) is 0 Å². The van der Waals surface area contributed by atoms with Crippen LogP contribution in [-0.4, -0.2) is 41.3 Å². The number of nitrogens with zero attached hydrogens (tertiary/aromatic N) is 3. The van der Waals surface area contributed by atoms with E-state index in [1.54, 1.807) is 30.1 Å². The average molecular weight is 460 g/mol. The molecule has 7 nitrogen and oxygen atoms in total. The third-order valence-corrected chi connectivity index (χ3v) is 6.04. The third kappa shape index (κ3) is 4.65. The number of aromatic nitrogens is 2. The molecule has 0 atom stereocenters. The molecular weight excluding hydrogens is 438 g/mol. The summed E-state index contributed by atoms with van der Waals surface area (Å²) in [6.07, 6.45) is 0. The first-order valence-electron chi connectivity index (χ1n) is 10.1. The molecule has 0 spiro atoms. The molecule has 0 aliphatic rings. The lowest BCUT2D eigenvalue weighted by Gasteiger charge is -2.18. The zero-order valence-electron chi connectivity index (χ0n) is 18.1. The van der Waals surface area contributed by atoms with Crippen LogP contribution in [0.1, 0.15) is 10.4 Å². The Balaban J connectivity index is 1.75. The summed E-state index contributed by atoms with van der Waals surface area (Å²) >= 11 is 1.17. The highest BCUT2D eigenvalue weighted by atomic mass is 32.2. The van der Waals surface area contributed by atoms with Gasteiger partial charge in [0.25, 0.3) is 5.56 Å². The fraction of sp³-hybridized carbons (Fsp3) is 0.120. The highest BCUT2D eigenvalue weighted by molar-refractivity contribution is 7.99. The predicted octanol–water partition coefficient (Wildman–Crippen LogP) is 3.93. The van der Waals surface area contributed by atoms with Crippen molar-refractivity contribution in [3.05, 3.63) is 94.8 Å². The van der Waals surface area contributed by atoms with Crippen LogP contribution < -0.4 is 10.5 Å². The molecule has 0 unspecified atom stereocenters. The minimum atomic E-state index is -0.514. The molecule has 1 heterocycles. The summed E-state index contributed by atoms with van der Waals surface area (Å²) in [5.74, 6) is -0.573. The number of carbonyl (C=O) groups is 2. The number of amides is 1. The Morgan fingerprint density at radius 2 is 1.67 bits per heavy atom. The van der Waals surface area contributed by atoms with Crippen molar-refractivity contribution < 1.29 is 14.3 Å². The minimum absolute atomic E-state index is 0.0763. The normalized spacial score (nSPS) is 10.7. The highest BCUT2D eigenvalue weighted by Gasteiger charge is 2.18. The Bertz CT molecular complexity index is 1370. The molecule has 0 N–H and O–H groups in total. The van der Waals surface area contributed by atoms with Crippen LogP contribution in [0.2, 0.25) is 0 Å². The van der Waals surface area contributed by atoms with Gasteiger partial charge in [-0.3, -0.25) is 14.2 Å². The summed E-state index contributed by atoms with van der Waals surface area (Å²) in [7, 11) is 3.00. The second-order valence-corrected chi connectivity index (χ2v) is 8.11. The summed E-state index contributed by atoms with van der Waals surface area (Å²) in [6.45, 7) is 0. The number of benzene rings is 3. The van der Waals surface area contributed by atoms with Crippen LogP contribution >= 0.6 is 11.8 Å². The van der Waals surface area contributed by atoms with Crippen LogP contribution in [-0.2, 0) is 9.53 Å². The molecule has 0 saturated heterocycles. The van der Waals surface area contributed by atoms with Crippen LogP contribution in [0.25, 0.3) is 16.6 Å². The fourth-order valence-corrected chi connectivity index (χ4v) is 4.26. The molecule has 4 rings (SSSR count). The number of esters is 1. The highest BCUT2D eigenvalue weighted by Crippen LogP contribution is 2.23. The van der Waals surface area contributed by atoms with Gasteiger partial charge < -0.3 is 9.64 Å². The number of ether oxygens (including phenoxy) is 1. The number of thioether (sulfide) groups is 1. The first-order valence-corrected chi connectivity index (χ1v) is 11.1. The fourth-order valence-electron chi connectivity index (χ4n) is 3.33. The SMILES string of the molecule is COC(=O)c1ccc2c(=O)n(-c3ccccc3)c(SCC(=O)N(C)c3ccccc3)nc2c1. The maximum absolute atomic E-state index is 13.4. The molecule has 0 bridgehead atoms. The van der Waals surface area contributed by atoms with Crippen molar-refractivity contribution in [1.82, 2.24) is 9.55 Å². The summed E-state index contributed by atoms with van der Waals surface area (Å²) in [5, 5.41) is 0.721. The van der Waals surface area contributed by atoms with Gasteiger partial charge in [-0.2, -0.15) is 0 Å². The smallest absolute Gasteiger partial charge is 0.337 e. The van der Waals surface area contributed by atoms with Crippen molar-refractivity contribution in [2.45, 2.75) is 5.16 Å². The molecule has 0 aliphatic carbocycles. The lowest BCUT2D eigenvalue weighted by atomic mass is 10.1. The van der Waals surface area contributed by atoms with Crippen LogP contribution in [0.15, 0.2) is 88.8 Å². The van der Waals surface area contributed by atoms with E-state index >= 15 is 0 Å². The van der Waals surface area contributed by atoms with E-state index in [1.807, 2.05) is 48.5 Å². The Labute approximate surface area is 194 Å². The van der Waals surface area contributed by atoms with E-state index in [-0.39, 0.29) is 17.2 Å². The summed E-state index contributed by atoms with van der Waals surface area (Å²) < 4.78 is 6.27. The summed E-state index contributed by atoms with van der Waals surface area (Å²) in [5.41, 5.74) is 1.79. The topological polar surface area (TPSA) is 81.5 Å². The number of hydrogen-bond acceptors (Lipinski definition) is 6. The van der Waals surface area contributed by atoms with Crippen molar-refractivity contribution >= 4 is 40.2 Å². The third-order valence-electron chi connectivity index (χ3n) is 5.12. The molecule has 166 valence electrons. The second kappa shape index (κ2) is 9.70. The van der Waals surface area contributed by atoms with Gasteiger partial charge in [0, 0.05) is 12.7 Å². The molecule has 33 heavy (non-hydrogen) atoms. The Morgan fingerprint density at radius 3 is 2.33 bits per heavy atom. The van der Waals surface area contributed by atoms with Crippen molar-refractivity contribution in [1.29, 1.82) is 0 Å². The van der Waals surface area contributed by atoms with E-state index in [0.29, 0.717) is 27.3 Å². The largest absolute Gasteiger partial charge is 0.465 e. The van der Waals surface area contributed by atoms with E-state index in [1.165, 1.54) is 35.6 Å². The van der Waals surface area contributed by atoms with E-state index in [9.17, 15) is 14.4 Å². The molecule has 1 amide bonds. The quantitative estimate of drug-likeness (QED) is 0.247. The monoisotopic (exact) mass is 459 g/mol. The number of hydrogen-bond donors (Lipinski definition) is 0. The predicted molar refractivity (Wildman–Crippen MR) is 129 cm³/mol. The number of para-hydroxylation sites is 2. The number of rotatable bonds is 6. The van der Waals surface area contributed by atoms with E-state index in [4.69, 9.17) is 4.74 Å². The molecule has 3 aromatic carbocycles. The van der Waals surface area contributed by atoms with Gasteiger partial charge in [-0.05, 0) is 42.5 Å². The molecule has 0 aliphatic heterocycles. The number of anilines is 1. The van der Waals surface area contributed by atoms with E-state index in [2.05, 4.69) is 4.98 Å². The van der Waals surface area contributed by atoms with E-state index in [0.717, 1.165) is 5.69 Å². The zero-order valence-corrected chi connectivity index (χ0v) is 18.9. The molecule has 8 heteroatoms. The number of methoxy groups -OCH3 is 1. The molecular formula is C25H21N3O4S. The molecule has 0 fully saturated rings. The molecule has 0 saturated carbocycles. The van der Waals surface area contributed by atoms with E-state index < -0.39 is 5.97 Å². The number of carbonyl (C=O) groups excluding carboxylic acids is 2. The number of fused-ring (bicyclic) bond motifs is 1. The summed E-state index contributed by atoms with van der Waals surface area (Å²) in [4.78, 5) is 44.4. The Morgan fingerprint density at radius 1 is 1.00 bits per heavy atom. The van der Waals surface area contributed by atoms with Gasteiger partial charge in [0.05, 0.1) is 35.0 Å². The maximum Gasteiger partial charge on any atom is 0.337 e. The lowest BCUT2D eigenvalue weighted by molar-refractivity contribution is -0.115. The molecule has 4 aromatic rings. The van der Waals surface area contributed by atoms with Crippen molar-refractivity contribution in [3.8, 4) is 5.69 Å². The van der Waals surface area contributed by atoms with Gasteiger partial charge >= 0.3 is 5.97 Å². The van der Waals surface area contributed by atoms with Crippen molar-refractivity contribution in [3.63, 3.8) is 0 Å². The zero-order chi connectivity index (χ0) is 23.4. The second-order valence-electron chi connectivity index (χ2n) is 7.17. The first-order chi connectivity index (χ1) is 16.0. The minimum Gasteiger partial charge on any atom is -0.465 e. The molecule has 0 radical (unpaired) electrons. The first kappa shape index (κ1) is 22.3. The van der Waals surface area contributed by atoms with Crippen LogP contribution in [0.5, 0.6) is 0 Å². The standard InChI is InChI=1S/C25H21N3O4S/c1-27(18-9-5-3-6-10-18)22(29)16-33-25-26-21-15-17(24(31)32-2)13-14-20(21)23(30)28(25)19-11-7-4-8-12-19/h3-15H,16H2,1-2H3. The molecule has 1 aromatic heterocycles. The van der Waals surface area contributed by atoms with Crippen molar-refractivity contribution in [2.75, 3.05) is 24.8 Å². The van der Waals surface area contributed by atoms with Gasteiger partial charge in [-0.1, -0.05) is 48.2 Å². The summed E-state index contributed by atoms with van der Waals surface area (Å²) in [6, 6.07) is 23.1. The Hall–Kier alpha value is -3.91. The average Bonchev–Trinajstić information content (AvgIpc) is 2.87. The van der Waals surface area contributed by atoms with Gasteiger partial charge in [0.15, 0.2) is 5.16 Å². The van der Waals surface area contributed by atoms with Crippen LogP contribution in [0.3, 0.4) is 0 Å². The van der Waals surface area contributed by atoms with Gasteiger partial charge in [0.2, 0.25) is 5.91 Å². The van der Waals surface area contributed by atoms with Crippen LogP contribution in [0, 0.1) is 0 Å². The Kier molecular flexibility index (Phi) is 6.55. The van der Waals surface area contributed by atoms with Crippen LogP contribution in [0.4, 0.5) is 5.69 Å². The lowest BCUT2D eigenvalue weighted by Crippen LogP contribution is -2.28. The van der Waals surface area contributed by atoms with Gasteiger partial charge in [-0.25, -0.2) is 9.78 Å². The van der Waals surface area contributed by atoms with Gasteiger partial charge in [0.1, 0.15) is 0 Å². The van der Waals surface area contributed by atoms with Gasteiger partial charge in [-0.15, -0.1) is 0 Å². The maximum atomic E-state index is 13.4.